The Morgan fingerprint density at radius 1 is 1.00 bits per heavy atom. The first-order valence-corrected chi connectivity index (χ1v) is 13.5. The zero-order chi connectivity index (χ0) is 26.4. The van der Waals surface area contributed by atoms with Crippen molar-refractivity contribution in [1.29, 1.82) is 0 Å². The van der Waals surface area contributed by atoms with Crippen LogP contribution in [0.15, 0.2) is 67.1 Å². The maximum Gasteiger partial charge on any atom is 0.256 e. The number of aromatic nitrogens is 6. The van der Waals surface area contributed by atoms with Gasteiger partial charge in [-0.1, -0.05) is 0 Å². The minimum absolute atomic E-state index is 0.117. The van der Waals surface area contributed by atoms with E-state index in [2.05, 4.69) is 15.3 Å². The number of benzene rings is 1. The number of amides is 1. The molecule has 38 heavy (non-hydrogen) atoms. The zero-order valence-electron chi connectivity index (χ0n) is 20.1. The summed E-state index contributed by atoms with van der Waals surface area (Å²) in [5, 5.41) is 7.48. The van der Waals surface area contributed by atoms with E-state index in [0.717, 1.165) is 0 Å². The smallest absolute Gasteiger partial charge is 0.256 e. The molecule has 5 aromatic rings. The molecule has 0 aliphatic carbocycles. The number of halogens is 1. The maximum absolute atomic E-state index is 13.7. The fourth-order valence-electron chi connectivity index (χ4n) is 4.42. The van der Waals surface area contributed by atoms with Crippen LogP contribution in [0.25, 0.3) is 28.3 Å². The molecule has 11 nitrogen and oxygen atoms in total. The van der Waals surface area contributed by atoms with E-state index < -0.39 is 10.0 Å². The summed E-state index contributed by atoms with van der Waals surface area (Å²) in [6.07, 6.45) is 5.85. The van der Waals surface area contributed by atoms with Gasteiger partial charge in [0.05, 0.1) is 30.4 Å². The highest BCUT2D eigenvalue weighted by atomic mass is 32.2. The molecule has 13 heteroatoms. The first kappa shape index (κ1) is 23.9. The van der Waals surface area contributed by atoms with Crippen molar-refractivity contribution in [2.45, 2.75) is 13.1 Å². The number of fused-ring (bicyclic) bond motifs is 2. The van der Waals surface area contributed by atoms with E-state index in [1.54, 1.807) is 47.1 Å². The van der Waals surface area contributed by atoms with E-state index in [1.807, 2.05) is 4.57 Å². The van der Waals surface area contributed by atoms with E-state index in [4.69, 9.17) is 10.1 Å². The van der Waals surface area contributed by atoms with E-state index in [0.29, 0.717) is 52.0 Å². The molecule has 192 valence electrons. The number of pyridine rings is 1. The highest BCUT2D eigenvalue weighted by molar-refractivity contribution is 7.88. The third-order valence-electron chi connectivity index (χ3n) is 6.27. The predicted molar refractivity (Wildman–Crippen MR) is 137 cm³/mol. The molecule has 0 spiro atoms. The Balaban J connectivity index is 1.41. The Kier molecular flexibility index (Phi) is 5.73. The molecule has 1 aliphatic rings. The van der Waals surface area contributed by atoms with Gasteiger partial charge < -0.3 is 9.88 Å². The van der Waals surface area contributed by atoms with Gasteiger partial charge in [0.25, 0.3) is 5.91 Å². The van der Waals surface area contributed by atoms with Gasteiger partial charge >= 0.3 is 0 Å². The van der Waals surface area contributed by atoms with Crippen molar-refractivity contribution in [2.75, 3.05) is 18.1 Å². The molecule has 0 bridgehead atoms. The maximum atomic E-state index is 13.7. The molecule has 1 N–H and O–H groups in total. The van der Waals surface area contributed by atoms with Gasteiger partial charge in [-0.05, 0) is 48.5 Å². The second-order valence-corrected chi connectivity index (χ2v) is 10.8. The fraction of sp³-hybridized carbons (Fsp3) is 0.160. The Bertz CT molecular complexity index is 1780. The van der Waals surface area contributed by atoms with Gasteiger partial charge in [0.1, 0.15) is 17.3 Å². The number of hydrogen-bond donors (Lipinski definition) is 1. The summed E-state index contributed by atoms with van der Waals surface area (Å²) in [4.78, 5) is 25.6. The summed E-state index contributed by atoms with van der Waals surface area (Å²) in [5.74, 6) is 0.194. The van der Waals surface area contributed by atoms with Crippen LogP contribution in [-0.4, -0.2) is 60.6 Å². The monoisotopic (exact) mass is 532 g/mol. The number of hydrogen-bond acceptors (Lipinski definition) is 7. The average Bonchev–Trinajstić information content (AvgIpc) is 3.49. The molecule has 1 aliphatic heterocycles. The molecular weight excluding hydrogens is 511 g/mol. The Morgan fingerprint density at radius 2 is 1.76 bits per heavy atom. The molecule has 0 radical (unpaired) electrons. The van der Waals surface area contributed by atoms with Crippen LogP contribution in [0.3, 0.4) is 0 Å². The van der Waals surface area contributed by atoms with Crippen molar-refractivity contribution in [3.8, 4) is 22.6 Å². The van der Waals surface area contributed by atoms with Gasteiger partial charge in [0.15, 0.2) is 11.5 Å². The second-order valence-electron chi connectivity index (χ2n) is 8.82. The number of nitrogens with zero attached hydrogens (tertiary/aromatic N) is 7. The van der Waals surface area contributed by atoms with Crippen LogP contribution in [-0.2, 0) is 23.1 Å². The van der Waals surface area contributed by atoms with Gasteiger partial charge in [-0.15, -0.1) is 0 Å². The number of carbonyl (C=O) groups excluding carboxylic acids is 1. The zero-order valence-corrected chi connectivity index (χ0v) is 20.9. The number of nitrogens with one attached hydrogen (secondary N) is 1. The Morgan fingerprint density at radius 3 is 2.50 bits per heavy atom. The summed E-state index contributed by atoms with van der Waals surface area (Å²) in [5.41, 5.74) is 3.44. The normalized spacial score (nSPS) is 13.9. The van der Waals surface area contributed by atoms with Crippen LogP contribution >= 0.6 is 0 Å². The summed E-state index contributed by atoms with van der Waals surface area (Å²) in [7, 11) is -3.40. The lowest BCUT2D eigenvalue weighted by Gasteiger charge is -2.26. The third kappa shape index (κ3) is 4.41. The number of rotatable bonds is 5. The molecule has 5 heterocycles. The van der Waals surface area contributed by atoms with Crippen molar-refractivity contribution in [2.24, 2.45) is 0 Å². The fourth-order valence-corrected chi connectivity index (χ4v) is 5.18. The van der Waals surface area contributed by atoms with E-state index in [1.165, 1.54) is 35.1 Å². The lowest BCUT2D eigenvalue weighted by Crippen LogP contribution is -2.37. The molecule has 6 rings (SSSR count). The van der Waals surface area contributed by atoms with E-state index >= 15 is 0 Å². The average molecular weight is 533 g/mol. The summed E-state index contributed by atoms with van der Waals surface area (Å²) in [6.45, 7) is 0.783. The third-order valence-corrected chi connectivity index (χ3v) is 7.52. The van der Waals surface area contributed by atoms with Crippen LogP contribution in [0.1, 0.15) is 16.2 Å². The van der Waals surface area contributed by atoms with Crippen LogP contribution in [0.5, 0.6) is 0 Å². The molecule has 0 unspecified atom stereocenters. The van der Waals surface area contributed by atoms with Crippen LogP contribution in [0, 0.1) is 5.82 Å². The molecular formula is C25H21FN8O3S. The quantitative estimate of drug-likeness (QED) is 0.369. The molecule has 4 aromatic heterocycles. The van der Waals surface area contributed by atoms with Crippen LogP contribution in [0.4, 0.5) is 10.2 Å². The lowest BCUT2D eigenvalue weighted by molar-refractivity contribution is 0.102. The highest BCUT2D eigenvalue weighted by Crippen LogP contribution is 2.34. The second kappa shape index (κ2) is 9.11. The molecule has 1 aromatic carbocycles. The molecule has 0 fully saturated rings. The molecule has 0 atom stereocenters. The topological polar surface area (TPSA) is 127 Å². The number of anilines is 1. The van der Waals surface area contributed by atoms with Crippen molar-refractivity contribution in [3.05, 3.63) is 84.3 Å². The Hall–Kier alpha value is -4.49. The predicted octanol–water partition coefficient (Wildman–Crippen LogP) is 2.82. The van der Waals surface area contributed by atoms with Crippen molar-refractivity contribution < 1.29 is 17.6 Å². The van der Waals surface area contributed by atoms with Crippen molar-refractivity contribution in [1.82, 2.24) is 33.4 Å². The van der Waals surface area contributed by atoms with Gasteiger partial charge in [0.2, 0.25) is 10.0 Å². The Labute approximate surface area is 216 Å². The summed E-state index contributed by atoms with van der Waals surface area (Å²) >= 11 is 0. The standard InChI is InChI=1S/C25H21FN8O3S/c1-38(36,37)32-12-13-33-22(15-32)30-23(16-2-4-18(26)5-3-16)24(33)19-6-7-21-28-20(14-34(21)31-19)29-25(35)17-8-10-27-11-9-17/h2-11,14H,12-13,15H2,1H3,(H,29,35). The molecule has 0 saturated carbocycles. The molecule has 0 saturated heterocycles. The number of sulfonamides is 1. The van der Waals surface area contributed by atoms with Gasteiger partial charge in [-0.25, -0.2) is 27.3 Å². The van der Waals surface area contributed by atoms with E-state index in [-0.39, 0.29) is 24.8 Å². The number of carbonyl (C=O) groups is 1. The minimum atomic E-state index is -3.40. The minimum Gasteiger partial charge on any atom is -0.324 e. The summed E-state index contributed by atoms with van der Waals surface area (Å²) in [6, 6.07) is 12.7. The van der Waals surface area contributed by atoms with Crippen molar-refractivity contribution in [3.63, 3.8) is 0 Å². The van der Waals surface area contributed by atoms with Crippen LogP contribution < -0.4 is 5.32 Å². The first-order valence-electron chi connectivity index (χ1n) is 11.6. The SMILES string of the molecule is CS(=O)(=O)N1CCn2c(nc(-c3ccc(F)cc3)c2-c2ccc3nc(NC(=O)c4ccncc4)cn3n2)C1. The van der Waals surface area contributed by atoms with E-state index in [9.17, 15) is 17.6 Å². The van der Waals surface area contributed by atoms with Crippen LogP contribution in [0.2, 0.25) is 0 Å². The van der Waals surface area contributed by atoms with Gasteiger partial charge in [0, 0.05) is 36.6 Å². The largest absolute Gasteiger partial charge is 0.324 e. The van der Waals surface area contributed by atoms with Gasteiger partial charge in [-0.2, -0.15) is 9.40 Å². The lowest BCUT2D eigenvalue weighted by atomic mass is 10.1. The van der Waals surface area contributed by atoms with Crippen molar-refractivity contribution >= 4 is 27.4 Å². The number of imidazole rings is 2. The highest BCUT2D eigenvalue weighted by Gasteiger charge is 2.29. The molecule has 1 amide bonds. The van der Waals surface area contributed by atoms with Gasteiger partial charge in [-0.3, -0.25) is 9.78 Å². The summed E-state index contributed by atoms with van der Waals surface area (Å²) < 4.78 is 42.9. The first-order chi connectivity index (χ1) is 18.3.